The van der Waals surface area contributed by atoms with Crippen LogP contribution in [0.25, 0.3) is 17.3 Å². The van der Waals surface area contributed by atoms with Crippen LogP contribution < -0.4 is 5.32 Å². The third-order valence-electron chi connectivity index (χ3n) is 5.75. The van der Waals surface area contributed by atoms with Gasteiger partial charge < -0.3 is 10.2 Å². The molecule has 2 heterocycles. The van der Waals surface area contributed by atoms with Crippen molar-refractivity contribution in [2.75, 3.05) is 18.4 Å². The van der Waals surface area contributed by atoms with Crippen LogP contribution in [0.1, 0.15) is 28.8 Å². The van der Waals surface area contributed by atoms with Gasteiger partial charge in [0.25, 0.3) is 0 Å². The molecular formula is C26H27N3O2S. The van der Waals surface area contributed by atoms with Gasteiger partial charge in [-0.25, -0.2) is 4.98 Å². The van der Waals surface area contributed by atoms with E-state index in [0.717, 1.165) is 21.7 Å². The highest BCUT2D eigenvalue weighted by Gasteiger charge is 2.27. The van der Waals surface area contributed by atoms with E-state index >= 15 is 0 Å². The summed E-state index contributed by atoms with van der Waals surface area (Å²) in [6.45, 7) is 5.25. The minimum atomic E-state index is -0.107. The van der Waals surface area contributed by atoms with Gasteiger partial charge in [-0.15, -0.1) is 11.3 Å². The quantitative estimate of drug-likeness (QED) is 0.541. The number of carbonyl (C=O) groups is 2. The molecule has 0 unspecified atom stereocenters. The van der Waals surface area contributed by atoms with Gasteiger partial charge in [-0.2, -0.15) is 0 Å². The molecule has 0 spiro atoms. The van der Waals surface area contributed by atoms with Crippen molar-refractivity contribution < 1.29 is 9.59 Å². The fourth-order valence-electron chi connectivity index (χ4n) is 3.84. The highest BCUT2D eigenvalue weighted by Crippen LogP contribution is 2.31. The van der Waals surface area contributed by atoms with E-state index in [4.69, 9.17) is 0 Å². The second kappa shape index (κ2) is 9.92. The number of carbonyl (C=O) groups excluding carboxylic acids is 2. The Hall–Kier alpha value is -3.25. The summed E-state index contributed by atoms with van der Waals surface area (Å²) in [6, 6.07) is 18.0. The van der Waals surface area contributed by atoms with Crippen molar-refractivity contribution in [3.05, 3.63) is 76.7 Å². The molecule has 0 atom stereocenters. The van der Waals surface area contributed by atoms with Crippen LogP contribution in [-0.4, -0.2) is 34.8 Å². The van der Waals surface area contributed by atoms with Gasteiger partial charge >= 0.3 is 0 Å². The van der Waals surface area contributed by atoms with Crippen LogP contribution in [0.4, 0.5) is 5.13 Å². The second-order valence-corrected chi connectivity index (χ2v) is 9.33. The first-order chi connectivity index (χ1) is 15.5. The predicted molar refractivity (Wildman–Crippen MR) is 130 cm³/mol. The number of rotatable bonds is 5. The van der Waals surface area contributed by atoms with Gasteiger partial charge in [0.2, 0.25) is 11.8 Å². The number of nitrogens with zero attached hydrogens (tertiary/aromatic N) is 2. The van der Waals surface area contributed by atoms with Crippen LogP contribution >= 0.6 is 11.3 Å². The fourth-order valence-corrected chi connectivity index (χ4v) is 4.67. The predicted octanol–water partition coefficient (Wildman–Crippen LogP) is 5.32. The Morgan fingerprint density at radius 1 is 1.03 bits per heavy atom. The Morgan fingerprint density at radius 2 is 1.72 bits per heavy atom. The molecule has 5 nitrogen and oxygen atoms in total. The number of anilines is 1. The molecule has 0 aliphatic carbocycles. The van der Waals surface area contributed by atoms with Gasteiger partial charge in [0, 0.05) is 35.5 Å². The molecule has 0 radical (unpaired) electrons. The van der Waals surface area contributed by atoms with E-state index < -0.39 is 0 Å². The summed E-state index contributed by atoms with van der Waals surface area (Å²) in [5, 5.41) is 3.63. The lowest BCUT2D eigenvalue weighted by Crippen LogP contribution is -2.40. The molecular weight excluding hydrogens is 418 g/mol. The van der Waals surface area contributed by atoms with E-state index in [2.05, 4.69) is 41.5 Å². The van der Waals surface area contributed by atoms with Crippen LogP contribution in [0.15, 0.2) is 60.7 Å². The molecule has 0 bridgehead atoms. The molecule has 6 heteroatoms. The molecule has 2 amide bonds. The molecule has 0 saturated carbocycles. The highest BCUT2D eigenvalue weighted by atomic mass is 32.1. The zero-order chi connectivity index (χ0) is 22.5. The van der Waals surface area contributed by atoms with Crippen molar-refractivity contribution in [2.45, 2.75) is 26.7 Å². The van der Waals surface area contributed by atoms with Gasteiger partial charge in [-0.3, -0.25) is 9.59 Å². The van der Waals surface area contributed by atoms with Crippen LogP contribution in [-0.2, 0) is 9.59 Å². The Balaban J connectivity index is 1.31. The number of aromatic nitrogens is 1. The van der Waals surface area contributed by atoms with Crippen molar-refractivity contribution in [3.63, 3.8) is 0 Å². The van der Waals surface area contributed by atoms with Crippen LogP contribution in [0.5, 0.6) is 0 Å². The first-order valence-corrected chi connectivity index (χ1v) is 11.7. The van der Waals surface area contributed by atoms with Crippen molar-refractivity contribution >= 4 is 34.4 Å². The van der Waals surface area contributed by atoms with E-state index in [0.29, 0.717) is 31.1 Å². The fraction of sp³-hybridized carbons (Fsp3) is 0.269. The maximum atomic E-state index is 12.8. The number of piperidine rings is 1. The normalized spacial score (nSPS) is 14.6. The van der Waals surface area contributed by atoms with Crippen molar-refractivity contribution in [2.24, 2.45) is 5.92 Å². The van der Waals surface area contributed by atoms with Gasteiger partial charge in [0.1, 0.15) is 0 Å². The zero-order valence-corrected chi connectivity index (χ0v) is 19.2. The minimum Gasteiger partial charge on any atom is -0.339 e. The number of aryl methyl sites for hydroxylation is 2. The topological polar surface area (TPSA) is 62.3 Å². The second-order valence-electron chi connectivity index (χ2n) is 8.12. The summed E-state index contributed by atoms with van der Waals surface area (Å²) in [5.74, 6) is -0.128. The van der Waals surface area contributed by atoms with Crippen molar-refractivity contribution in [3.8, 4) is 11.3 Å². The molecule has 1 N–H and O–H groups in total. The average molecular weight is 446 g/mol. The molecule has 4 rings (SSSR count). The van der Waals surface area contributed by atoms with Crippen LogP contribution in [0, 0.1) is 19.8 Å². The lowest BCUT2D eigenvalue weighted by Gasteiger charge is -2.30. The molecule has 1 aliphatic heterocycles. The monoisotopic (exact) mass is 445 g/mol. The first kappa shape index (κ1) is 22.0. The Labute approximate surface area is 192 Å². The molecule has 1 aliphatic rings. The largest absolute Gasteiger partial charge is 0.339 e. The molecule has 3 aromatic rings. The molecule has 32 heavy (non-hydrogen) atoms. The van der Waals surface area contributed by atoms with E-state index in [9.17, 15) is 9.59 Å². The van der Waals surface area contributed by atoms with Gasteiger partial charge in [0.05, 0.1) is 5.69 Å². The van der Waals surface area contributed by atoms with E-state index in [1.807, 2.05) is 48.2 Å². The Morgan fingerprint density at radius 3 is 2.41 bits per heavy atom. The van der Waals surface area contributed by atoms with Gasteiger partial charge in [-0.05, 0) is 38.3 Å². The standard InChI is InChI=1S/C26H27N3O2S/c1-18-8-11-21(12-9-18)24-19(2)32-26(27-24)28-25(31)22-14-16-29(17-15-22)23(30)13-10-20-6-4-3-5-7-20/h3-13,22H,14-17H2,1-2H3,(H,27,28,31)/b13-10+. The molecule has 1 saturated heterocycles. The van der Waals surface area contributed by atoms with E-state index in [-0.39, 0.29) is 17.7 Å². The van der Waals surface area contributed by atoms with Gasteiger partial charge in [0.15, 0.2) is 5.13 Å². The lowest BCUT2D eigenvalue weighted by molar-refractivity contribution is -0.130. The molecule has 164 valence electrons. The third-order valence-corrected chi connectivity index (χ3v) is 6.63. The van der Waals surface area contributed by atoms with Crippen LogP contribution in [0.3, 0.4) is 0 Å². The lowest BCUT2D eigenvalue weighted by atomic mass is 9.96. The maximum Gasteiger partial charge on any atom is 0.246 e. The third kappa shape index (κ3) is 5.32. The number of hydrogen-bond donors (Lipinski definition) is 1. The molecule has 1 fully saturated rings. The number of benzene rings is 2. The smallest absolute Gasteiger partial charge is 0.246 e. The van der Waals surface area contributed by atoms with E-state index in [1.165, 1.54) is 16.9 Å². The summed E-state index contributed by atoms with van der Waals surface area (Å²) >= 11 is 1.50. The average Bonchev–Trinajstić information content (AvgIpc) is 3.18. The van der Waals surface area contributed by atoms with Crippen molar-refractivity contribution in [1.29, 1.82) is 0 Å². The zero-order valence-electron chi connectivity index (χ0n) is 18.4. The summed E-state index contributed by atoms with van der Waals surface area (Å²) in [5.41, 5.74) is 4.17. The van der Waals surface area contributed by atoms with E-state index in [1.54, 1.807) is 6.08 Å². The highest BCUT2D eigenvalue weighted by molar-refractivity contribution is 7.16. The maximum absolute atomic E-state index is 12.8. The van der Waals surface area contributed by atoms with Crippen LogP contribution in [0.2, 0.25) is 0 Å². The van der Waals surface area contributed by atoms with Crippen molar-refractivity contribution in [1.82, 2.24) is 9.88 Å². The Kier molecular flexibility index (Phi) is 6.81. The summed E-state index contributed by atoms with van der Waals surface area (Å²) in [7, 11) is 0. The number of likely N-dealkylation sites (tertiary alicyclic amines) is 1. The Bertz CT molecular complexity index is 1110. The number of hydrogen-bond acceptors (Lipinski definition) is 4. The molecule has 1 aromatic heterocycles. The summed E-state index contributed by atoms with van der Waals surface area (Å²) in [4.78, 5) is 32.8. The summed E-state index contributed by atoms with van der Waals surface area (Å²) in [6.07, 6.45) is 4.76. The summed E-state index contributed by atoms with van der Waals surface area (Å²) < 4.78 is 0. The number of nitrogens with one attached hydrogen (secondary N) is 1. The van der Waals surface area contributed by atoms with Gasteiger partial charge in [-0.1, -0.05) is 60.2 Å². The number of thiazole rings is 1. The minimum absolute atomic E-state index is 0.00833. The SMILES string of the molecule is Cc1ccc(-c2nc(NC(=O)C3CCN(C(=O)/C=C/c4ccccc4)CC3)sc2C)cc1. The first-order valence-electron chi connectivity index (χ1n) is 10.9. The molecule has 2 aromatic carbocycles. The number of amides is 2.